The van der Waals surface area contributed by atoms with E-state index in [9.17, 15) is 14.4 Å². The van der Waals surface area contributed by atoms with Crippen LogP contribution in [0.5, 0.6) is 0 Å². The molecular formula is C17H23N3O4. The van der Waals surface area contributed by atoms with Crippen molar-refractivity contribution in [1.82, 2.24) is 15.1 Å². The predicted octanol–water partition coefficient (Wildman–Crippen LogP) is 0.569. The molecule has 0 aliphatic carbocycles. The van der Waals surface area contributed by atoms with Gasteiger partial charge in [0, 0.05) is 39.5 Å². The molecule has 2 aliphatic heterocycles. The molecule has 1 N–H and O–H groups in total. The van der Waals surface area contributed by atoms with Gasteiger partial charge in [-0.1, -0.05) is 6.92 Å². The van der Waals surface area contributed by atoms with Gasteiger partial charge < -0.3 is 19.5 Å². The number of rotatable bonds is 4. The molecule has 0 bridgehead atoms. The maximum atomic E-state index is 12.4. The summed E-state index contributed by atoms with van der Waals surface area (Å²) in [6, 6.07) is 1.77. The first-order chi connectivity index (χ1) is 11.4. The zero-order valence-corrected chi connectivity index (χ0v) is 14.3. The molecule has 2 aliphatic rings. The average molecular weight is 333 g/mol. The highest BCUT2D eigenvalue weighted by Crippen LogP contribution is 2.27. The van der Waals surface area contributed by atoms with Gasteiger partial charge in [-0.15, -0.1) is 0 Å². The SMILES string of the molecule is CCc1oc(C(=O)N2CC(N3CC(C(=O)NC)CC3=O)C2)cc1C. The molecular weight excluding hydrogens is 310 g/mol. The monoisotopic (exact) mass is 333 g/mol. The predicted molar refractivity (Wildman–Crippen MR) is 86.4 cm³/mol. The maximum absolute atomic E-state index is 12.4. The summed E-state index contributed by atoms with van der Waals surface area (Å²) in [7, 11) is 1.58. The lowest BCUT2D eigenvalue weighted by Gasteiger charge is -2.43. The van der Waals surface area contributed by atoms with Gasteiger partial charge in [0.25, 0.3) is 5.91 Å². The second-order valence-corrected chi connectivity index (χ2v) is 6.50. The van der Waals surface area contributed by atoms with Crippen molar-refractivity contribution >= 4 is 17.7 Å². The van der Waals surface area contributed by atoms with E-state index in [1.807, 2.05) is 13.8 Å². The largest absolute Gasteiger partial charge is 0.456 e. The molecule has 0 saturated carbocycles. The van der Waals surface area contributed by atoms with Crippen molar-refractivity contribution in [3.8, 4) is 0 Å². The lowest BCUT2D eigenvalue weighted by atomic mass is 10.1. The first-order valence-electron chi connectivity index (χ1n) is 8.34. The van der Waals surface area contributed by atoms with Crippen LogP contribution in [0.1, 0.15) is 35.2 Å². The van der Waals surface area contributed by atoms with Crippen molar-refractivity contribution in [1.29, 1.82) is 0 Å². The van der Waals surface area contributed by atoms with Gasteiger partial charge in [0.15, 0.2) is 5.76 Å². The third kappa shape index (κ3) is 2.79. The Bertz CT molecular complexity index is 675. The maximum Gasteiger partial charge on any atom is 0.289 e. The summed E-state index contributed by atoms with van der Waals surface area (Å²) in [5, 5.41) is 2.59. The Balaban J connectivity index is 1.58. The highest BCUT2D eigenvalue weighted by molar-refractivity contribution is 5.93. The molecule has 1 aromatic rings. The molecule has 0 radical (unpaired) electrons. The standard InChI is InChI=1S/C17H23N3O4/c1-4-13-10(2)5-14(24-13)17(23)19-8-12(9-19)20-7-11(6-15(20)21)16(22)18-3/h5,11-12H,4,6-9H2,1-3H3,(H,18,22). The summed E-state index contributed by atoms with van der Waals surface area (Å²) in [6.45, 7) is 5.34. The van der Waals surface area contributed by atoms with E-state index in [1.54, 1.807) is 22.9 Å². The summed E-state index contributed by atoms with van der Waals surface area (Å²) < 4.78 is 5.60. The molecule has 0 spiro atoms. The third-order valence-corrected chi connectivity index (χ3v) is 4.92. The van der Waals surface area contributed by atoms with Crippen LogP contribution in [0.25, 0.3) is 0 Å². The van der Waals surface area contributed by atoms with E-state index < -0.39 is 0 Å². The second-order valence-electron chi connectivity index (χ2n) is 6.50. The Morgan fingerprint density at radius 3 is 2.62 bits per heavy atom. The van der Waals surface area contributed by atoms with Crippen LogP contribution in [-0.4, -0.2) is 60.2 Å². The van der Waals surface area contributed by atoms with E-state index in [0.717, 1.165) is 17.7 Å². The van der Waals surface area contributed by atoms with Crippen LogP contribution >= 0.6 is 0 Å². The van der Waals surface area contributed by atoms with Crippen molar-refractivity contribution < 1.29 is 18.8 Å². The van der Waals surface area contributed by atoms with E-state index in [2.05, 4.69) is 5.32 Å². The van der Waals surface area contributed by atoms with Gasteiger partial charge in [0.2, 0.25) is 11.8 Å². The zero-order chi connectivity index (χ0) is 17.4. The van der Waals surface area contributed by atoms with Crippen molar-refractivity contribution in [2.75, 3.05) is 26.7 Å². The third-order valence-electron chi connectivity index (χ3n) is 4.92. The summed E-state index contributed by atoms with van der Waals surface area (Å²) in [6.07, 6.45) is 1.01. The van der Waals surface area contributed by atoms with Gasteiger partial charge in [0.05, 0.1) is 12.0 Å². The fourth-order valence-corrected chi connectivity index (χ4v) is 3.41. The van der Waals surface area contributed by atoms with Gasteiger partial charge in [-0.05, 0) is 18.6 Å². The lowest BCUT2D eigenvalue weighted by Crippen LogP contribution is -2.61. The van der Waals surface area contributed by atoms with Crippen molar-refractivity contribution in [3.05, 3.63) is 23.2 Å². The fourth-order valence-electron chi connectivity index (χ4n) is 3.41. The number of nitrogens with one attached hydrogen (secondary N) is 1. The Morgan fingerprint density at radius 2 is 2.04 bits per heavy atom. The van der Waals surface area contributed by atoms with Crippen LogP contribution in [-0.2, 0) is 16.0 Å². The number of hydrogen-bond donors (Lipinski definition) is 1. The van der Waals surface area contributed by atoms with E-state index in [-0.39, 0.29) is 36.1 Å². The molecule has 3 rings (SSSR count). The van der Waals surface area contributed by atoms with E-state index in [1.165, 1.54) is 0 Å². The molecule has 1 atom stereocenters. The van der Waals surface area contributed by atoms with Crippen LogP contribution in [0, 0.1) is 12.8 Å². The molecule has 0 aromatic carbocycles. The molecule has 1 unspecified atom stereocenters. The molecule has 130 valence electrons. The fraction of sp³-hybridized carbons (Fsp3) is 0.588. The van der Waals surface area contributed by atoms with Gasteiger partial charge in [-0.2, -0.15) is 0 Å². The highest BCUT2D eigenvalue weighted by atomic mass is 16.4. The lowest BCUT2D eigenvalue weighted by molar-refractivity contribution is -0.132. The Hall–Kier alpha value is -2.31. The number of hydrogen-bond acceptors (Lipinski definition) is 4. The number of carbonyl (C=O) groups is 3. The number of furan rings is 1. The van der Waals surface area contributed by atoms with Crippen molar-refractivity contribution in [2.24, 2.45) is 5.92 Å². The van der Waals surface area contributed by atoms with E-state index in [4.69, 9.17) is 4.42 Å². The minimum absolute atomic E-state index is 0.00203. The molecule has 3 amide bonds. The summed E-state index contributed by atoms with van der Waals surface area (Å²) in [5.74, 6) is 0.659. The Morgan fingerprint density at radius 1 is 1.33 bits per heavy atom. The van der Waals surface area contributed by atoms with E-state index in [0.29, 0.717) is 25.4 Å². The first-order valence-corrected chi connectivity index (χ1v) is 8.34. The van der Waals surface area contributed by atoms with Crippen molar-refractivity contribution in [2.45, 2.75) is 32.7 Å². The molecule has 7 heteroatoms. The number of likely N-dealkylation sites (tertiary alicyclic amines) is 2. The topological polar surface area (TPSA) is 82.9 Å². The van der Waals surface area contributed by atoms with Gasteiger partial charge in [-0.25, -0.2) is 0 Å². The molecule has 2 fully saturated rings. The van der Waals surface area contributed by atoms with Crippen LogP contribution in [0.15, 0.2) is 10.5 Å². The summed E-state index contributed by atoms with van der Waals surface area (Å²) in [5.41, 5.74) is 0.987. The van der Waals surface area contributed by atoms with Crippen molar-refractivity contribution in [3.63, 3.8) is 0 Å². The molecule has 24 heavy (non-hydrogen) atoms. The minimum Gasteiger partial charge on any atom is -0.456 e. The first kappa shape index (κ1) is 16.5. The van der Waals surface area contributed by atoms with Crippen LogP contribution in [0.2, 0.25) is 0 Å². The smallest absolute Gasteiger partial charge is 0.289 e. The number of carbonyl (C=O) groups excluding carboxylic acids is 3. The quantitative estimate of drug-likeness (QED) is 0.873. The molecule has 2 saturated heterocycles. The van der Waals surface area contributed by atoms with Crippen LogP contribution < -0.4 is 5.32 Å². The Kier molecular flexibility index (Phi) is 4.34. The molecule has 1 aromatic heterocycles. The highest BCUT2D eigenvalue weighted by Gasteiger charge is 2.43. The molecule has 3 heterocycles. The molecule has 7 nitrogen and oxygen atoms in total. The van der Waals surface area contributed by atoms with Crippen LogP contribution in [0.3, 0.4) is 0 Å². The normalized spacial score (nSPS) is 21.1. The summed E-state index contributed by atoms with van der Waals surface area (Å²) in [4.78, 5) is 39.6. The summed E-state index contributed by atoms with van der Waals surface area (Å²) >= 11 is 0. The van der Waals surface area contributed by atoms with Gasteiger partial charge >= 0.3 is 0 Å². The number of amides is 3. The van der Waals surface area contributed by atoms with Crippen LogP contribution in [0.4, 0.5) is 0 Å². The zero-order valence-electron chi connectivity index (χ0n) is 14.3. The Labute approximate surface area is 141 Å². The number of nitrogens with zero attached hydrogens (tertiary/aromatic N) is 2. The van der Waals surface area contributed by atoms with Gasteiger partial charge in [0.1, 0.15) is 5.76 Å². The minimum atomic E-state index is -0.285. The van der Waals surface area contributed by atoms with Gasteiger partial charge in [-0.3, -0.25) is 14.4 Å². The number of aryl methyl sites for hydroxylation is 2. The average Bonchev–Trinajstić information content (AvgIpc) is 3.08. The van der Waals surface area contributed by atoms with E-state index >= 15 is 0 Å². The second kappa shape index (κ2) is 6.30.